The van der Waals surface area contributed by atoms with Crippen molar-refractivity contribution in [3.05, 3.63) is 29.1 Å². The van der Waals surface area contributed by atoms with Crippen LogP contribution < -0.4 is 16.0 Å². The molecule has 29 heavy (non-hydrogen) atoms. The molecule has 0 unspecified atom stereocenters. The number of aromatic nitrogens is 1. The Morgan fingerprint density at radius 3 is 2.41 bits per heavy atom. The van der Waals surface area contributed by atoms with Crippen LogP contribution in [0.3, 0.4) is 0 Å². The van der Waals surface area contributed by atoms with Crippen LogP contribution in [0.25, 0.3) is 0 Å². The van der Waals surface area contributed by atoms with E-state index >= 15 is 0 Å². The minimum absolute atomic E-state index is 0.0503. The maximum Gasteiger partial charge on any atom is 0.269 e. The van der Waals surface area contributed by atoms with E-state index in [-0.39, 0.29) is 18.1 Å². The van der Waals surface area contributed by atoms with Crippen molar-refractivity contribution in [2.45, 2.75) is 53.0 Å². The zero-order chi connectivity index (χ0) is 22.3. The highest BCUT2D eigenvalue weighted by molar-refractivity contribution is 7.85. The number of rotatable bonds is 12. The van der Waals surface area contributed by atoms with E-state index in [0.29, 0.717) is 18.7 Å². The fourth-order valence-electron chi connectivity index (χ4n) is 2.38. The molecule has 0 spiro atoms. The van der Waals surface area contributed by atoms with E-state index in [2.05, 4.69) is 20.9 Å². The highest BCUT2D eigenvalue weighted by Gasteiger charge is 2.11. The summed E-state index contributed by atoms with van der Waals surface area (Å²) in [6.45, 7) is 6.94. The Balaban J connectivity index is 0.00000379. The summed E-state index contributed by atoms with van der Waals surface area (Å²) < 4.78 is 30.0. The normalized spacial score (nSPS) is 10.7. The lowest BCUT2D eigenvalue weighted by atomic mass is 10.2. The van der Waals surface area contributed by atoms with Crippen molar-refractivity contribution in [3.8, 4) is 0 Å². The first-order chi connectivity index (χ1) is 13.7. The summed E-state index contributed by atoms with van der Waals surface area (Å²) in [5.74, 6) is -0.981. The number of unbranched alkanes of at least 4 members (excludes halogenated alkanes) is 2. The van der Waals surface area contributed by atoms with Crippen LogP contribution in [-0.4, -0.2) is 55.7 Å². The number of aryl methyl sites for hydroxylation is 1. The summed E-state index contributed by atoms with van der Waals surface area (Å²) in [6.07, 6.45) is 3.26. The van der Waals surface area contributed by atoms with E-state index in [1.54, 1.807) is 13.1 Å². The first-order valence-corrected chi connectivity index (χ1v) is 11.4. The molecule has 1 rings (SSSR count). The summed E-state index contributed by atoms with van der Waals surface area (Å²) in [6, 6.07) is 3.48. The second-order valence-corrected chi connectivity index (χ2v) is 7.80. The van der Waals surface area contributed by atoms with Crippen molar-refractivity contribution in [1.82, 2.24) is 20.9 Å². The van der Waals surface area contributed by atoms with Crippen molar-refractivity contribution in [1.29, 1.82) is 0 Å². The molecule has 0 atom stereocenters. The molecule has 0 aliphatic rings. The zero-order valence-electron chi connectivity index (χ0n) is 17.7. The van der Waals surface area contributed by atoms with E-state index in [9.17, 15) is 18.0 Å². The lowest BCUT2D eigenvalue weighted by Crippen LogP contribution is -2.30. The number of hydrogen-bond acceptors (Lipinski definition) is 6. The average Bonchev–Trinajstić information content (AvgIpc) is 2.67. The first kappa shape index (κ1) is 27.0. The lowest BCUT2D eigenvalue weighted by molar-refractivity contribution is -0.120. The number of carbonyl (C=O) groups is 2. The molecule has 2 amide bonds. The molecule has 0 aromatic carbocycles. The molecular formula is C19H34N4O5S. The van der Waals surface area contributed by atoms with Crippen molar-refractivity contribution in [3.63, 3.8) is 0 Å². The Morgan fingerprint density at radius 1 is 1.10 bits per heavy atom. The van der Waals surface area contributed by atoms with Crippen LogP contribution in [0.15, 0.2) is 12.1 Å². The molecule has 4 N–H and O–H groups in total. The summed E-state index contributed by atoms with van der Waals surface area (Å²) in [5.41, 5.74) is 1.78. The third kappa shape index (κ3) is 13.7. The fraction of sp³-hybridized carbons (Fsp3) is 0.632. The molecule has 0 radical (unpaired) electrons. The van der Waals surface area contributed by atoms with Crippen molar-refractivity contribution < 1.29 is 22.6 Å². The van der Waals surface area contributed by atoms with Gasteiger partial charge in [-0.2, -0.15) is 8.42 Å². The summed E-state index contributed by atoms with van der Waals surface area (Å²) in [4.78, 5) is 27.4. The number of nitrogens with one attached hydrogen (secondary N) is 3. The fourth-order valence-corrected chi connectivity index (χ4v) is 2.74. The monoisotopic (exact) mass is 430 g/mol. The standard InChI is InChI=1S/C17H28N4O5S.C2H6/c1-13-10-14(12-19-7-5-3-4-6-16(22)18-2)21-15(11-13)17(23)20-8-9-27(24,25)26;1-2/h10-11,19H,3-9,12H2,1-2H3,(H,18,22)(H,20,23)(H,24,25,26);1-2H3. The van der Waals surface area contributed by atoms with E-state index < -0.39 is 21.8 Å². The maximum atomic E-state index is 12.1. The molecule has 0 bridgehead atoms. The number of amides is 2. The maximum absolute atomic E-state index is 12.1. The molecule has 1 heterocycles. The quantitative estimate of drug-likeness (QED) is 0.291. The minimum atomic E-state index is -4.11. The molecule has 9 nitrogen and oxygen atoms in total. The average molecular weight is 431 g/mol. The zero-order valence-corrected chi connectivity index (χ0v) is 18.6. The van der Waals surface area contributed by atoms with Gasteiger partial charge in [0, 0.05) is 26.6 Å². The van der Waals surface area contributed by atoms with Gasteiger partial charge in [-0.1, -0.05) is 20.3 Å². The number of carbonyl (C=O) groups excluding carboxylic acids is 2. The molecule has 1 aromatic heterocycles. The number of hydrogen-bond donors (Lipinski definition) is 4. The second kappa shape index (κ2) is 14.9. The van der Waals surface area contributed by atoms with E-state index in [0.717, 1.165) is 31.4 Å². The SMILES string of the molecule is CC.CNC(=O)CCCCCNCc1cc(C)cc(C(=O)NCCS(=O)(=O)O)n1. The van der Waals surface area contributed by atoms with Gasteiger partial charge >= 0.3 is 0 Å². The van der Waals surface area contributed by atoms with Crippen LogP contribution >= 0.6 is 0 Å². The summed E-state index contributed by atoms with van der Waals surface area (Å²) >= 11 is 0. The second-order valence-electron chi connectivity index (χ2n) is 6.22. The Labute approximate surface area is 173 Å². The van der Waals surface area contributed by atoms with Gasteiger partial charge in [0.25, 0.3) is 16.0 Å². The van der Waals surface area contributed by atoms with Gasteiger partial charge in [-0.25, -0.2) is 4.98 Å². The van der Waals surface area contributed by atoms with Crippen LogP contribution in [0.5, 0.6) is 0 Å². The Kier molecular flexibility index (Phi) is 13.8. The first-order valence-electron chi connectivity index (χ1n) is 9.83. The van der Waals surface area contributed by atoms with Gasteiger partial charge in [0.1, 0.15) is 5.69 Å². The van der Waals surface area contributed by atoms with Gasteiger partial charge in [-0.05, 0) is 44.0 Å². The van der Waals surface area contributed by atoms with Gasteiger partial charge in [0.15, 0.2) is 0 Å². The predicted octanol–water partition coefficient (Wildman–Crippen LogP) is 1.43. The van der Waals surface area contributed by atoms with Crippen LogP contribution in [0.2, 0.25) is 0 Å². The van der Waals surface area contributed by atoms with Gasteiger partial charge < -0.3 is 16.0 Å². The molecule has 0 saturated heterocycles. The van der Waals surface area contributed by atoms with Crippen LogP contribution in [0, 0.1) is 6.92 Å². The largest absolute Gasteiger partial charge is 0.359 e. The predicted molar refractivity (Wildman–Crippen MR) is 113 cm³/mol. The molecule has 166 valence electrons. The molecule has 1 aromatic rings. The van der Waals surface area contributed by atoms with Gasteiger partial charge in [-0.15, -0.1) is 0 Å². The highest BCUT2D eigenvalue weighted by Crippen LogP contribution is 2.06. The third-order valence-electron chi connectivity index (χ3n) is 3.74. The Bertz CT molecular complexity index is 738. The van der Waals surface area contributed by atoms with Crippen molar-refractivity contribution in [2.75, 3.05) is 25.9 Å². The van der Waals surface area contributed by atoms with Gasteiger partial charge in [-0.3, -0.25) is 14.1 Å². The number of nitrogens with zero attached hydrogens (tertiary/aromatic N) is 1. The topological polar surface area (TPSA) is 137 Å². The van der Waals surface area contributed by atoms with Crippen LogP contribution in [0.4, 0.5) is 0 Å². The third-order valence-corrected chi connectivity index (χ3v) is 4.46. The molecular weight excluding hydrogens is 396 g/mol. The van der Waals surface area contributed by atoms with Gasteiger partial charge in [0.05, 0.1) is 11.4 Å². The molecule has 0 saturated carbocycles. The summed E-state index contributed by atoms with van der Waals surface area (Å²) in [7, 11) is -2.49. The minimum Gasteiger partial charge on any atom is -0.359 e. The van der Waals surface area contributed by atoms with E-state index in [1.165, 1.54) is 0 Å². The van der Waals surface area contributed by atoms with Gasteiger partial charge in [0.2, 0.25) is 5.91 Å². The van der Waals surface area contributed by atoms with E-state index in [1.807, 2.05) is 26.8 Å². The Hall–Kier alpha value is -2.04. The molecule has 0 aliphatic heterocycles. The summed E-state index contributed by atoms with van der Waals surface area (Å²) in [5, 5.41) is 8.26. The number of pyridine rings is 1. The molecule has 0 fully saturated rings. The Morgan fingerprint density at radius 2 is 1.79 bits per heavy atom. The van der Waals surface area contributed by atoms with Crippen LogP contribution in [-0.2, 0) is 21.5 Å². The molecule has 10 heteroatoms. The lowest BCUT2D eigenvalue weighted by Gasteiger charge is -2.09. The van der Waals surface area contributed by atoms with E-state index in [4.69, 9.17) is 4.55 Å². The van der Waals surface area contributed by atoms with Crippen molar-refractivity contribution >= 4 is 21.9 Å². The van der Waals surface area contributed by atoms with Crippen molar-refractivity contribution in [2.24, 2.45) is 0 Å². The van der Waals surface area contributed by atoms with Crippen LogP contribution in [0.1, 0.15) is 61.3 Å². The highest BCUT2D eigenvalue weighted by atomic mass is 32.2. The molecule has 0 aliphatic carbocycles. The smallest absolute Gasteiger partial charge is 0.269 e.